The van der Waals surface area contributed by atoms with Crippen LogP contribution in [0.15, 0.2) is 70.9 Å². The smallest absolute Gasteiger partial charge is 0.255 e. The Morgan fingerprint density at radius 2 is 1.72 bits per heavy atom. The molecule has 0 radical (unpaired) electrons. The van der Waals surface area contributed by atoms with Crippen LogP contribution in [-0.4, -0.2) is 35.1 Å². The molecule has 0 aliphatic heterocycles. The molecule has 0 fully saturated rings. The second-order valence-corrected chi connectivity index (χ2v) is 9.24. The van der Waals surface area contributed by atoms with Gasteiger partial charge in [0.15, 0.2) is 9.84 Å². The van der Waals surface area contributed by atoms with Crippen molar-refractivity contribution in [3.63, 3.8) is 0 Å². The molecular weight excluding hydrogens is 410 g/mol. The summed E-state index contributed by atoms with van der Waals surface area (Å²) in [6, 6.07) is 16.6. The van der Waals surface area contributed by atoms with Crippen molar-refractivity contribution in [1.82, 2.24) is 5.32 Å². The number of benzene rings is 2. The van der Waals surface area contributed by atoms with Crippen molar-refractivity contribution in [2.75, 3.05) is 20.8 Å². The van der Waals surface area contributed by atoms with Gasteiger partial charge in [0.25, 0.3) is 5.91 Å². The molecule has 0 saturated heterocycles. The molecule has 0 aliphatic rings. The van der Waals surface area contributed by atoms with Gasteiger partial charge >= 0.3 is 0 Å². The normalized spacial score (nSPS) is 12.2. The van der Waals surface area contributed by atoms with E-state index >= 15 is 0 Å². The molecule has 6 nitrogen and oxygen atoms in total. The Labute approximate surface area is 174 Å². The lowest BCUT2D eigenvalue weighted by Crippen LogP contribution is -2.31. The van der Waals surface area contributed by atoms with E-state index in [4.69, 9.17) is 9.47 Å². The molecule has 3 rings (SSSR count). The van der Waals surface area contributed by atoms with Crippen molar-refractivity contribution in [2.24, 2.45) is 0 Å². The molecule has 0 aliphatic carbocycles. The first-order valence-corrected chi connectivity index (χ1v) is 11.2. The first kappa shape index (κ1) is 20.9. The monoisotopic (exact) mass is 431 g/mol. The largest absolute Gasteiger partial charge is 0.497 e. The van der Waals surface area contributed by atoms with Gasteiger partial charge < -0.3 is 14.8 Å². The van der Waals surface area contributed by atoms with Gasteiger partial charge in [0, 0.05) is 11.4 Å². The topological polar surface area (TPSA) is 81.7 Å². The summed E-state index contributed by atoms with van der Waals surface area (Å²) in [7, 11) is -0.734. The molecule has 3 aromatic rings. The zero-order chi connectivity index (χ0) is 20.9. The third-order valence-electron chi connectivity index (χ3n) is 4.42. The van der Waals surface area contributed by atoms with Crippen molar-refractivity contribution >= 4 is 27.1 Å². The first-order valence-electron chi connectivity index (χ1n) is 8.80. The number of hydrogen-bond acceptors (Lipinski definition) is 6. The summed E-state index contributed by atoms with van der Waals surface area (Å²) < 4.78 is 36.9. The molecule has 152 valence electrons. The molecule has 0 unspecified atom stereocenters. The van der Waals surface area contributed by atoms with Crippen LogP contribution in [0.25, 0.3) is 0 Å². The molecule has 8 heteroatoms. The predicted molar refractivity (Wildman–Crippen MR) is 113 cm³/mol. The molecule has 0 saturated carbocycles. The first-order chi connectivity index (χ1) is 14.0. The molecule has 0 spiro atoms. The van der Waals surface area contributed by atoms with Gasteiger partial charge in [0.05, 0.1) is 24.7 Å². The van der Waals surface area contributed by atoms with Gasteiger partial charge in [-0.15, -0.1) is 11.3 Å². The summed E-state index contributed by atoms with van der Waals surface area (Å²) in [5.74, 6) is 0.603. The number of ether oxygens (including phenoxy) is 2. The highest BCUT2D eigenvalue weighted by molar-refractivity contribution is 7.91. The zero-order valence-electron chi connectivity index (χ0n) is 16.0. The number of nitrogens with one attached hydrogen (secondary N) is 1. The number of carbonyl (C=O) groups is 1. The Balaban J connectivity index is 1.87. The van der Waals surface area contributed by atoms with Crippen molar-refractivity contribution < 1.29 is 22.7 Å². The number of hydrogen-bond donors (Lipinski definition) is 1. The van der Waals surface area contributed by atoms with E-state index in [1.54, 1.807) is 48.5 Å². The van der Waals surface area contributed by atoms with Crippen LogP contribution in [0, 0.1) is 0 Å². The maximum absolute atomic E-state index is 13.3. The molecule has 29 heavy (non-hydrogen) atoms. The van der Waals surface area contributed by atoms with E-state index in [0.29, 0.717) is 21.9 Å². The summed E-state index contributed by atoms with van der Waals surface area (Å²) in [4.78, 5) is 13.5. The molecule has 1 amide bonds. The SMILES string of the molecule is COc1ccc(S(=O)(=O)[C@@H](CNC(=O)c2ccccc2OC)c2cccs2)cc1. The lowest BCUT2D eigenvalue weighted by Gasteiger charge is -2.18. The van der Waals surface area contributed by atoms with E-state index in [1.165, 1.54) is 37.7 Å². The molecular formula is C21H21NO5S2. The Bertz CT molecular complexity index is 1060. The maximum atomic E-state index is 13.3. The Hall–Kier alpha value is -2.84. The summed E-state index contributed by atoms with van der Waals surface area (Å²) in [5.41, 5.74) is 0.349. The summed E-state index contributed by atoms with van der Waals surface area (Å²) >= 11 is 1.34. The highest BCUT2D eigenvalue weighted by Crippen LogP contribution is 2.32. The van der Waals surface area contributed by atoms with Crippen molar-refractivity contribution in [1.29, 1.82) is 0 Å². The summed E-state index contributed by atoms with van der Waals surface area (Å²) in [6.45, 7) is -0.0637. The average molecular weight is 432 g/mol. The molecule has 1 heterocycles. The Kier molecular flexibility index (Phi) is 6.56. The highest BCUT2D eigenvalue weighted by atomic mass is 32.2. The van der Waals surface area contributed by atoms with Crippen LogP contribution in [0.4, 0.5) is 0 Å². The van der Waals surface area contributed by atoms with Crippen LogP contribution < -0.4 is 14.8 Å². The minimum Gasteiger partial charge on any atom is -0.497 e. The van der Waals surface area contributed by atoms with E-state index in [0.717, 1.165) is 0 Å². The van der Waals surface area contributed by atoms with Gasteiger partial charge in [-0.25, -0.2) is 8.42 Å². The van der Waals surface area contributed by atoms with Gasteiger partial charge in [-0.05, 0) is 47.8 Å². The highest BCUT2D eigenvalue weighted by Gasteiger charge is 2.31. The van der Waals surface area contributed by atoms with E-state index in [1.807, 2.05) is 5.38 Å². The van der Waals surface area contributed by atoms with Gasteiger partial charge in [0.1, 0.15) is 16.7 Å². The number of thiophene rings is 1. The molecule has 0 bridgehead atoms. The maximum Gasteiger partial charge on any atom is 0.255 e. The van der Waals surface area contributed by atoms with Crippen molar-refractivity contribution in [2.45, 2.75) is 10.1 Å². The number of amides is 1. The van der Waals surface area contributed by atoms with Gasteiger partial charge in [-0.2, -0.15) is 0 Å². The second-order valence-electron chi connectivity index (χ2n) is 6.13. The Morgan fingerprint density at radius 3 is 2.34 bits per heavy atom. The quantitative estimate of drug-likeness (QED) is 0.588. The van der Waals surface area contributed by atoms with Crippen LogP contribution >= 0.6 is 11.3 Å². The van der Waals surface area contributed by atoms with E-state index in [-0.39, 0.29) is 11.4 Å². The molecule has 1 N–H and O–H groups in total. The van der Waals surface area contributed by atoms with Crippen LogP contribution in [0.1, 0.15) is 20.5 Å². The fourth-order valence-corrected chi connectivity index (χ4v) is 5.66. The molecule has 1 aromatic heterocycles. The lowest BCUT2D eigenvalue weighted by molar-refractivity contribution is 0.0950. The molecule has 2 aromatic carbocycles. The van der Waals surface area contributed by atoms with Gasteiger partial charge in [-0.3, -0.25) is 4.79 Å². The van der Waals surface area contributed by atoms with Crippen LogP contribution in [-0.2, 0) is 9.84 Å². The summed E-state index contributed by atoms with van der Waals surface area (Å²) in [6.07, 6.45) is 0. The lowest BCUT2D eigenvalue weighted by atomic mass is 10.2. The minimum absolute atomic E-state index is 0.0637. The van der Waals surface area contributed by atoms with Crippen LogP contribution in [0.2, 0.25) is 0 Å². The van der Waals surface area contributed by atoms with Gasteiger partial charge in [-0.1, -0.05) is 18.2 Å². The van der Waals surface area contributed by atoms with Crippen molar-refractivity contribution in [3.8, 4) is 11.5 Å². The van der Waals surface area contributed by atoms with E-state index in [9.17, 15) is 13.2 Å². The average Bonchev–Trinajstić information content (AvgIpc) is 3.28. The number of sulfone groups is 1. The van der Waals surface area contributed by atoms with E-state index in [2.05, 4.69) is 5.32 Å². The zero-order valence-corrected chi connectivity index (χ0v) is 17.6. The van der Waals surface area contributed by atoms with Gasteiger partial charge in [0.2, 0.25) is 0 Å². The van der Waals surface area contributed by atoms with E-state index < -0.39 is 21.0 Å². The molecule has 1 atom stereocenters. The number of rotatable bonds is 8. The third kappa shape index (κ3) is 4.60. The fourth-order valence-electron chi connectivity index (χ4n) is 2.88. The number of carbonyl (C=O) groups excluding carboxylic acids is 1. The van der Waals surface area contributed by atoms with Crippen LogP contribution in [0.5, 0.6) is 11.5 Å². The fraction of sp³-hybridized carbons (Fsp3) is 0.190. The standard InChI is InChI=1S/C21H21NO5S2/c1-26-15-9-11-16(12-10-15)29(24,25)20(19-8-5-13-28-19)14-22-21(23)17-6-3-4-7-18(17)27-2/h3-13,20H,14H2,1-2H3,(H,22,23)/t20-/m0/s1. The third-order valence-corrected chi connectivity index (χ3v) is 7.66. The minimum atomic E-state index is -3.73. The number of methoxy groups -OCH3 is 2. The summed E-state index contributed by atoms with van der Waals surface area (Å²) in [5, 5.41) is 3.65. The number of para-hydroxylation sites is 1. The van der Waals surface area contributed by atoms with Crippen molar-refractivity contribution in [3.05, 3.63) is 76.5 Å². The Morgan fingerprint density at radius 1 is 1.00 bits per heavy atom. The second kappa shape index (κ2) is 9.11. The predicted octanol–water partition coefficient (Wildman–Crippen LogP) is 3.71. The van der Waals surface area contributed by atoms with Crippen LogP contribution in [0.3, 0.4) is 0 Å².